The minimum absolute atomic E-state index is 0.108. The van der Waals surface area contributed by atoms with Gasteiger partial charge in [-0.3, -0.25) is 0 Å². The number of hydrogen-bond acceptors (Lipinski definition) is 1. The van der Waals surface area contributed by atoms with E-state index in [4.69, 9.17) is 4.74 Å². The standard InChI is InChI=1S/C16H14BrF3O/c1-11-2-4-12(5-3-11)10-21-15-7-6-13(9-17)8-14(15)16(18,19)20/h2-8H,9-10H2,1H3. The van der Waals surface area contributed by atoms with Crippen molar-refractivity contribution >= 4 is 15.9 Å². The molecule has 0 saturated heterocycles. The molecule has 0 aliphatic carbocycles. The Labute approximate surface area is 129 Å². The minimum Gasteiger partial charge on any atom is -0.488 e. The Morgan fingerprint density at radius 1 is 1.00 bits per heavy atom. The molecule has 0 radical (unpaired) electrons. The number of alkyl halides is 4. The molecule has 21 heavy (non-hydrogen) atoms. The predicted molar refractivity (Wildman–Crippen MR) is 79.6 cm³/mol. The number of halogens is 4. The van der Waals surface area contributed by atoms with E-state index in [1.807, 2.05) is 31.2 Å². The molecular formula is C16H14BrF3O. The highest BCUT2D eigenvalue weighted by Gasteiger charge is 2.34. The van der Waals surface area contributed by atoms with Crippen LogP contribution in [0.3, 0.4) is 0 Å². The van der Waals surface area contributed by atoms with Gasteiger partial charge >= 0.3 is 6.18 Å². The molecule has 0 amide bonds. The van der Waals surface area contributed by atoms with Gasteiger partial charge in [0.25, 0.3) is 0 Å². The highest BCUT2D eigenvalue weighted by atomic mass is 79.9. The SMILES string of the molecule is Cc1ccc(COc2ccc(CBr)cc2C(F)(F)F)cc1. The molecule has 112 valence electrons. The molecule has 0 saturated carbocycles. The molecule has 0 aliphatic heterocycles. The van der Waals surface area contributed by atoms with E-state index < -0.39 is 11.7 Å². The van der Waals surface area contributed by atoms with Gasteiger partial charge in [0.2, 0.25) is 0 Å². The van der Waals surface area contributed by atoms with E-state index >= 15 is 0 Å². The summed E-state index contributed by atoms with van der Waals surface area (Å²) in [4.78, 5) is 0. The lowest BCUT2D eigenvalue weighted by atomic mass is 10.1. The van der Waals surface area contributed by atoms with Crippen LogP contribution in [0.5, 0.6) is 5.75 Å². The molecule has 0 bridgehead atoms. The summed E-state index contributed by atoms with van der Waals surface area (Å²) in [6.45, 7) is 2.06. The molecule has 2 rings (SSSR count). The second-order valence-corrected chi connectivity index (χ2v) is 5.30. The molecule has 2 aromatic rings. The molecule has 1 nitrogen and oxygen atoms in total. The summed E-state index contributed by atoms with van der Waals surface area (Å²) < 4.78 is 44.5. The van der Waals surface area contributed by atoms with E-state index in [2.05, 4.69) is 15.9 Å². The number of benzene rings is 2. The number of aryl methyl sites for hydroxylation is 1. The fraction of sp³-hybridized carbons (Fsp3) is 0.250. The largest absolute Gasteiger partial charge is 0.488 e. The Balaban J connectivity index is 2.21. The van der Waals surface area contributed by atoms with Crippen LogP contribution in [-0.2, 0) is 18.1 Å². The van der Waals surface area contributed by atoms with Gasteiger partial charge in [0.15, 0.2) is 0 Å². The summed E-state index contributed by atoms with van der Waals surface area (Å²) in [5, 5.41) is 0.369. The van der Waals surface area contributed by atoms with E-state index in [0.29, 0.717) is 10.9 Å². The summed E-state index contributed by atoms with van der Waals surface area (Å²) in [5.74, 6) is -0.146. The normalized spacial score (nSPS) is 11.5. The highest BCUT2D eigenvalue weighted by molar-refractivity contribution is 9.08. The smallest absolute Gasteiger partial charge is 0.419 e. The molecule has 0 heterocycles. The van der Waals surface area contributed by atoms with Gasteiger partial charge in [-0.2, -0.15) is 13.2 Å². The summed E-state index contributed by atoms with van der Waals surface area (Å²) in [6, 6.07) is 11.6. The third-order valence-electron chi connectivity index (χ3n) is 3.02. The first-order chi connectivity index (χ1) is 9.90. The lowest BCUT2D eigenvalue weighted by Crippen LogP contribution is -2.09. The van der Waals surface area contributed by atoms with Crippen molar-refractivity contribution in [3.8, 4) is 5.75 Å². The van der Waals surface area contributed by atoms with E-state index in [1.54, 1.807) is 6.07 Å². The third-order valence-corrected chi connectivity index (χ3v) is 3.67. The van der Waals surface area contributed by atoms with Crippen molar-refractivity contribution in [3.05, 3.63) is 64.7 Å². The maximum Gasteiger partial charge on any atom is 0.419 e. The fourth-order valence-electron chi connectivity index (χ4n) is 1.85. The van der Waals surface area contributed by atoms with Crippen LogP contribution < -0.4 is 4.74 Å². The first-order valence-corrected chi connectivity index (χ1v) is 7.46. The Morgan fingerprint density at radius 2 is 1.62 bits per heavy atom. The molecule has 0 aromatic heterocycles. The third kappa shape index (κ3) is 4.24. The summed E-state index contributed by atoms with van der Waals surface area (Å²) in [7, 11) is 0. The maximum absolute atomic E-state index is 13.0. The molecule has 0 N–H and O–H groups in total. The van der Waals surface area contributed by atoms with Crippen LogP contribution in [0.25, 0.3) is 0 Å². The van der Waals surface area contributed by atoms with Crippen LogP contribution >= 0.6 is 15.9 Å². The lowest BCUT2D eigenvalue weighted by molar-refractivity contribution is -0.139. The second-order valence-electron chi connectivity index (χ2n) is 4.74. The van der Waals surface area contributed by atoms with Crippen molar-refractivity contribution in [2.24, 2.45) is 0 Å². The van der Waals surface area contributed by atoms with Crippen molar-refractivity contribution in [1.29, 1.82) is 0 Å². The van der Waals surface area contributed by atoms with Gasteiger partial charge in [-0.05, 0) is 30.2 Å². The Kier molecular flexibility index (Phi) is 4.93. The average Bonchev–Trinajstić information content (AvgIpc) is 2.45. The van der Waals surface area contributed by atoms with Gasteiger partial charge < -0.3 is 4.74 Å². The predicted octanol–water partition coefficient (Wildman–Crippen LogP) is 5.49. The van der Waals surface area contributed by atoms with Gasteiger partial charge in [-0.15, -0.1) is 0 Å². The molecule has 5 heteroatoms. The Hall–Kier alpha value is -1.49. The topological polar surface area (TPSA) is 9.23 Å². The van der Waals surface area contributed by atoms with Crippen LogP contribution in [0.1, 0.15) is 22.3 Å². The van der Waals surface area contributed by atoms with Gasteiger partial charge in [-0.1, -0.05) is 51.8 Å². The zero-order chi connectivity index (χ0) is 15.5. The number of ether oxygens (including phenoxy) is 1. The van der Waals surface area contributed by atoms with Crippen molar-refractivity contribution in [3.63, 3.8) is 0 Å². The van der Waals surface area contributed by atoms with Crippen LogP contribution in [0, 0.1) is 6.92 Å². The van der Waals surface area contributed by atoms with Gasteiger partial charge in [0, 0.05) is 5.33 Å². The van der Waals surface area contributed by atoms with Gasteiger partial charge in [0.1, 0.15) is 12.4 Å². The molecular weight excluding hydrogens is 345 g/mol. The van der Waals surface area contributed by atoms with Crippen LogP contribution in [0.15, 0.2) is 42.5 Å². The molecule has 0 spiro atoms. The monoisotopic (exact) mass is 358 g/mol. The van der Waals surface area contributed by atoms with Crippen LogP contribution in [0.2, 0.25) is 0 Å². The van der Waals surface area contributed by atoms with Crippen molar-refractivity contribution in [2.75, 3.05) is 0 Å². The molecule has 0 unspecified atom stereocenters. The quantitative estimate of drug-likeness (QED) is 0.656. The van der Waals surface area contributed by atoms with E-state index in [-0.39, 0.29) is 12.4 Å². The highest BCUT2D eigenvalue weighted by Crippen LogP contribution is 2.37. The number of rotatable bonds is 4. The Bertz CT molecular complexity index is 606. The zero-order valence-corrected chi connectivity index (χ0v) is 13.0. The zero-order valence-electron chi connectivity index (χ0n) is 11.4. The van der Waals surface area contributed by atoms with E-state index in [1.165, 1.54) is 6.07 Å². The lowest BCUT2D eigenvalue weighted by Gasteiger charge is -2.15. The fourth-order valence-corrected chi connectivity index (χ4v) is 2.20. The first-order valence-electron chi connectivity index (χ1n) is 6.34. The summed E-state index contributed by atoms with van der Waals surface area (Å²) >= 11 is 3.16. The second kappa shape index (κ2) is 6.52. The molecule has 0 atom stereocenters. The van der Waals surface area contributed by atoms with Crippen LogP contribution in [-0.4, -0.2) is 0 Å². The average molecular weight is 359 g/mol. The van der Waals surface area contributed by atoms with Crippen LogP contribution in [0.4, 0.5) is 13.2 Å². The van der Waals surface area contributed by atoms with Crippen molar-refractivity contribution < 1.29 is 17.9 Å². The first kappa shape index (κ1) is 15.9. The number of hydrogen-bond donors (Lipinski definition) is 0. The van der Waals surface area contributed by atoms with Crippen molar-refractivity contribution in [1.82, 2.24) is 0 Å². The molecule has 0 aliphatic rings. The molecule has 0 fully saturated rings. The van der Waals surface area contributed by atoms with E-state index in [9.17, 15) is 13.2 Å². The minimum atomic E-state index is -4.43. The molecule has 2 aromatic carbocycles. The Morgan fingerprint density at radius 3 is 2.19 bits per heavy atom. The van der Waals surface area contributed by atoms with E-state index in [0.717, 1.165) is 17.2 Å². The maximum atomic E-state index is 13.0. The van der Waals surface area contributed by atoms with Crippen molar-refractivity contribution in [2.45, 2.75) is 25.0 Å². The summed E-state index contributed by atoms with van der Waals surface area (Å²) in [5.41, 5.74) is 1.74. The van der Waals surface area contributed by atoms with Gasteiger partial charge in [-0.25, -0.2) is 0 Å². The summed E-state index contributed by atoms with van der Waals surface area (Å²) in [6.07, 6.45) is -4.43. The van der Waals surface area contributed by atoms with Gasteiger partial charge in [0.05, 0.1) is 5.56 Å².